The second-order valence-corrected chi connectivity index (χ2v) is 8.28. The van der Waals surface area contributed by atoms with E-state index in [0.717, 1.165) is 43.3 Å². The molecule has 0 unspecified atom stereocenters. The van der Waals surface area contributed by atoms with Crippen LogP contribution in [0.25, 0.3) is 0 Å². The van der Waals surface area contributed by atoms with E-state index in [1.165, 1.54) is 0 Å². The van der Waals surface area contributed by atoms with Crippen LogP contribution in [0.1, 0.15) is 31.1 Å². The van der Waals surface area contributed by atoms with E-state index in [1.807, 2.05) is 36.0 Å². The van der Waals surface area contributed by atoms with E-state index < -0.39 is 0 Å². The average Bonchev–Trinajstić information content (AvgIpc) is 2.51. The van der Waals surface area contributed by atoms with Gasteiger partial charge in [0.1, 0.15) is 0 Å². The Labute approximate surface area is 137 Å². The maximum atomic E-state index is 12.1. The predicted molar refractivity (Wildman–Crippen MR) is 94.0 cm³/mol. The number of nitrogens with one attached hydrogen (secondary N) is 1. The minimum atomic E-state index is 0.00281. The molecule has 1 aromatic carbocycles. The number of carbonyl (C=O) groups excluding carboxylic acids is 1. The Morgan fingerprint density at radius 3 is 2.45 bits per heavy atom. The standard InChI is InChI=1S/C17H26N2O2S/c1-17(2,3)22-13-8-18-16(20)14-4-6-15(7-5-14)19-9-11-21-12-10-19/h4-7H,8-13H2,1-3H3,(H,18,20). The summed E-state index contributed by atoms with van der Waals surface area (Å²) in [7, 11) is 0. The quantitative estimate of drug-likeness (QED) is 0.847. The van der Waals surface area contributed by atoms with Crippen LogP contribution >= 0.6 is 11.8 Å². The van der Waals surface area contributed by atoms with Crippen molar-refractivity contribution in [1.29, 1.82) is 0 Å². The van der Waals surface area contributed by atoms with Crippen LogP contribution in [0, 0.1) is 0 Å². The Morgan fingerprint density at radius 1 is 1.23 bits per heavy atom. The number of thioether (sulfide) groups is 1. The molecule has 0 saturated carbocycles. The van der Waals surface area contributed by atoms with Gasteiger partial charge >= 0.3 is 0 Å². The average molecular weight is 322 g/mol. The van der Waals surface area contributed by atoms with Gasteiger partial charge in [-0.25, -0.2) is 0 Å². The van der Waals surface area contributed by atoms with Crippen LogP contribution in [0.5, 0.6) is 0 Å². The van der Waals surface area contributed by atoms with Gasteiger partial charge in [-0.3, -0.25) is 4.79 Å². The highest BCUT2D eigenvalue weighted by Gasteiger charge is 2.13. The molecule has 1 N–H and O–H groups in total. The molecule has 1 fully saturated rings. The van der Waals surface area contributed by atoms with Gasteiger partial charge in [0.05, 0.1) is 13.2 Å². The molecule has 1 aromatic rings. The first kappa shape index (κ1) is 17.2. The highest BCUT2D eigenvalue weighted by molar-refractivity contribution is 8.00. The van der Waals surface area contributed by atoms with Crippen molar-refractivity contribution < 1.29 is 9.53 Å². The molecule has 1 heterocycles. The molecule has 1 saturated heterocycles. The van der Waals surface area contributed by atoms with Crippen LogP contribution in [-0.2, 0) is 4.74 Å². The lowest BCUT2D eigenvalue weighted by atomic mass is 10.1. The van der Waals surface area contributed by atoms with Crippen LogP contribution in [0.15, 0.2) is 24.3 Å². The molecule has 0 aromatic heterocycles. The maximum absolute atomic E-state index is 12.1. The fourth-order valence-corrected chi connectivity index (χ4v) is 3.09. The number of anilines is 1. The first-order valence-electron chi connectivity index (χ1n) is 7.81. The van der Waals surface area contributed by atoms with E-state index >= 15 is 0 Å². The van der Waals surface area contributed by atoms with Crippen LogP contribution in [0.2, 0.25) is 0 Å². The van der Waals surface area contributed by atoms with Gasteiger partial charge in [-0.05, 0) is 24.3 Å². The van der Waals surface area contributed by atoms with Crippen molar-refractivity contribution in [2.24, 2.45) is 0 Å². The normalized spacial score (nSPS) is 15.7. The lowest BCUT2D eigenvalue weighted by Crippen LogP contribution is -2.36. The zero-order valence-corrected chi connectivity index (χ0v) is 14.5. The van der Waals surface area contributed by atoms with Gasteiger partial charge in [-0.15, -0.1) is 0 Å². The van der Waals surface area contributed by atoms with E-state index in [0.29, 0.717) is 6.54 Å². The smallest absolute Gasteiger partial charge is 0.251 e. The number of benzene rings is 1. The molecule has 0 atom stereocenters. The van der Waals surface area contributed by atoms with Gasteiger partial charge in [-0.1, -0.05) is 20.8 Å². The van der Waals surface area contributed by atoms with E-state index in [2.05, 4.69) is 31.0 Å². The Hall–Kier alpha value is -1.20. The SMILES string of the molecule is CC(C)(C)SCCNC(=O)c1ccc(N2CCOCC2)cc1. The number of nitrogens with zero attached hydrogens (tertiary/aromatic N) is 1. The minimum Gasteiger partial charge on any atom is -0.378 e. The number of hydrogen-bond donors (Lipinski definition) is 1. The monoisotopic (exact) mass is 322 g/mol. The maximum Gasteiger partial charge on any atom is 0.251 e. The number of ether oxygens (including phenoxy) is 1. The van der Waals surface area contributed by atoms with E-state index in [-0.39, 0.29) is 10.7 Å². The van der Waals surface area contributed by atoms with Crippen molar-refractivity contribution >= 4 is 23.4 Å². The highest BCUT2D eigenvalue weighted by atomic mass is 32.2. The zero-order valence-electron chi connectivity index (χ0n) is 13.7. The number of hydrogen-bond acceptors (Lipinski definition) is 4. The van der Waals surface area contributed by atoms with Crippen LogP contribution in [0.4, 0.5) is 5.69 Å². The minimum absolute atomic E-state index is 0.00281. The van der Waals surface area contributed by atoms with Crippen molar-refractivity contribution in [3.63, 3.8) is 0 Å². The van der Waals surface area contributed by atoms with Gasteiger partial charge in [0.2, 0.25) is 0 Å². The van der Waals surface area contributed by atoms with Crippen LogP contribution in [-0.4, -0.2) is 49.3 Å². The number of carbonyl (C=O) groups is 1. The van der Waals surface area contributed by atoms with Gasteiger partial charge < -0.3 is 15.0 Å². The number of rotatable bonds is 5. The summed E-state index contributed by atoms with van der Waals surface area (Å²) < 4.78 is 5.59. The van der Waals surface area contributed by atoms with Crippen LogP contribution < -0.4 is 10.2 Å². The molecular formula is C17H26N2O2S. The molecule has 2 rings (SSSR count). The topological polar surface area (TPSA) is 41.6 Å². The van der Waals surface area contributed by atoms with E-state index in [4.69, 9.17) is 4.74 Å². The summed E-state index contributed by atoms with van der Waals surface area (Å²) in [6, 6.07) is 7.84. The Balaban J connectivity index is 1.80. The summed E-state index contributed by atoms with van der Waals surface area (Å²) in [5.41, 5.74) is 1.88. The summed E-state index contributed by atoms with van der Waals surface area (Å²) in [4.78, 5) is 14.4. The molecular weight excluding hydrogens is 296 g/mol. The van der Waals surface area contributed by atoms with Gasteiger partial charge in [0, 0.05) is 41.4 Å². The lowest BCUT2D eigenvalue weighted by Gasteiger charge is -2.28. The summed E-state index contributed by atoms with van der Waals surface area (Å²) in [6.45, 7) is 10.6. The molecule has 1 aliphatic rings. The molecule has 0 radical (unpaired) electrons. The van der Waals surface area contributed by atoms with Crippen molar-refractivity contribution in [2.45, 2.75) is 25.5 Å². The Morgan fingerprint density at radius 2 is 1.86 bits per heavy atom. The molecule has 1 aliphatic heterocycles. The first-order chi connectivity index (χ1) is 10.5. The van der Waals surface area contributed by atoms with Crippen molar-refractivity contribution in [3.05, 3.63) is 29.8 Å². The van der Waals surface area contributed by atoms with Gasteiger partial charge in [0.15, 0.2) is 0 Å². The first-order valence-corrected chi connectivity index (χ1v) is 8.79. The Bertz CT molecular complexity index is 476. The Kier molecular flexibility index (Phi) is 6.15. The van der Waals surface area contributed by atoms with Gasteiger partial charge in [0.25, 0.3) is 5.91 Å². The fraction of sp³-hybridized carbons (Fsp3) is 0.588. The molecule has 22 heavy (non-hydrogen) atoms. The second kappa shape index (κ2) is 7.88. The number of morpholine rings is 1. The van der Waals surface area contributed by atoms with E-state index in [9.17, 15) is 4.79 Å². The molecule has 122 valence electrons. The molecule has 4 nitrogen and oxygen atoms in total. The second-order valence-electron chi connectivity index (χ2n) is 6.36. The van der Waals surface area contributed by atoms with Gasteiger partial charge in [-0.2, -0.15) is 11.8 Å². The largest absolute Gasteiger partial charge is 0.378 e. The molecule has 0 spiro atoms. The molecule has 0 aliphatic carbocycles. The van der Waals surface area contributed by atoms with Crippen molar-refractivity contribution in [2.75, 3.05) is 43.5 Å². The summed E-state index contributed by atoms with van der Waals surface area (Å²) >= 11 is 1.86. The predicted octanol–water partition coefficient (Wildman–Crippen LogP) is 2.78. The van der Waals surface area contributed by atoms with Crippen LogP contribution in [0.3, 0.4) is 0 Å². The lowest BCUT2D eigenvalue weighted by molar-refractivity contribution is 0.0956. The highest BCUT2D eigenvalue weighted by Crippen LogP contribution is 2.22. The molecule has 5 heteroatoms. The summed E-state index contributed by atoms with van der Waals surface area (Å²) in [5.74, 6) is 0.934. The van der Waals surface area contributed by atoms with Crippen molar-refractivity contribution in [1.82, 2.24) is 5.32 Å². The zero-order chi connectivity index (χ0) is 16.0. The molecule has 0 bridgehead atoms. The summed E-state index contributed by atoms with van der Waals surface area (Å²) in [5, 5.41) is 2.98. The van der Waals surface area contributed by atoms with Crippen molar-refractivity contribution in [3.8, 4) is 0 Å². The van der Waals surface area contributed by atoms with E-state index in [1.54, 1.807) is 0 Å². The fourth-order valence-electron chi connectivity index (χ4n) is 2.27. The molecule has 1 amide bonds. The third kappa shape index (κ3) is 5.54. The third-order valence-corrected chi connectivity index (χ3v) is 4.70. The third-order valence-electron chi connectivity index (χ3n) is 3.43. The number of amides is 1. The summed E-state index contributed by atoms with van der Waals surface area (Å²) in [6.07, 6.45) is 0.